The van der Waals surface area contributed by atoms with Crippen molar-refractivity contribution in [2.24, 2.45) is 5.10 Å². The third-order valence-electron chi connectivity index (χ3n) is 5.36. The summed E-state index contributed by atoms with van der Waals surface area (Å²) in [6.45, 7) is 2.75. The number of carbonyl (C=O) groups is 2. The molecule has 7 nitrogen and oxygen atoms in total. The molecule has 0 unspecified atom stereocenters. The third kappa shape index (κ3) is 7.32. The van der Waals surface area contributed by atoms with Gasteiger partial charge in [0.05, 0.1) is 12.8 Å². The van der Waals surface area contributed by atoms with Crippen LogP contribution in [0.15, 0.2) is 90.0 Å². The summed E-state index contributed by atoms with van der Waals surface area (Å²) in [5.41, 5.74) is 4.65. The lowest BCUT2D eigenvalue weighted by molar-refractivity contribution is -0.126. The first-order valence-electron chi connectivity index (χ1n) is 11.8. The van der Waals surface area contributed by atoms with Crippen LogP contribution in [0.1, 0.15) is 24.5 Å². The van der Waals surface area contributed by atoms with Crippen molar-refractivity contribution in [1.29, 1.82) is 0 Å². The van der Waals surface area contributed by atoms with Crippen LogP contribution in [0.25, 0.3) is 10.8 Å². The van der Waals surface area contributed by atoms with Crippen molar-refractivity contribution in [2.45, 2.75) is 20.0 Å². The number of fused-ring (bicyclic) bond motifs is 1. The number of anilines is 1. The molecule has 0 heterocycles. The van der Waals surface area contributed by atoms with Gasteiger partial charge in [0.1, 0.15) is 13.0 Å². The molecule has 37 heavy (non-hydrogen) atoms. The third-order valence-corrected chi connectivity index (χ3v) is 5.60. The number of rotatable bonds is 10. The van der Waals surface area contributed by atoms with Gasteiger partial charge in [0.25, 0.3) is 0 Å². The maximum absolute atomic E-state index is 12.1. The number of hydrogen-bond donors (Lipinski definition) is 2. The van der Waals surface area contributed by atoms with E-state index in [0.717, 1.165) is 16.3 Å². The summed E-state index contributed by atoms with van der Waals surface area (Å²) in [6, 6.07) is 26.4. The number of hydrogen-bond acceptors (Lipinski definition) is 5. The average Bonchev–Trinajstić information content (AvgIpc) is 2.88. The Bertz CT molecular complexity index is 1430. The van der Waals surface area contributed by atoms with Gasteiger partial charge in [-0.25, -0.2) is 5.43 Å². The van der Waals surface area contributed by atoms with Gasteiger partial charge in [-0.3, -0.25) is 9.59 Å². The molecule has 8 heteroatoms. The molecule has 4 aromatic carbocycles. The molecule has 0 atom stereocenters. The maximum Gasteiger partial charge on any atom is 0.249 e. The van der Waals surface area contributed by atoms with Gasteiger partial charge in [0, 0.05) is 10.7 Å². The fourth-order valence-electron chi connectivity index (χ4n) is 3.70. The van der Waals surface area contributed by atoms with E-state index in [1.165, 1.54) is 6.21 Å². The largest absolute Gasteiger partial charge is 0.490 e. The van der Waals surface area contributed by atoms with Crippen LogP contribution in [0.5, 0.6) is 11.5 Å². The van der Waals surface area contributed by atoms with E-state index in [4.69, 9.17) is 21.1 Å². The second-order valence-corrected chi connectivity index (χ2v) is 8.53. The van der Waals surface area contributed by atoms with Gasteiger partial charge in [0.2, 0.25) is 11.8 Å². The van der Waals surface area contributed by atoms with Crippen LogP contribution in [0, 0.1) is 0 Å². The van der Waals surface area contributed by atoms with Crippen LogP contribution in [0.3, 0.4) is 0 Å². The van der Waals surface area contributed by atoms with Crippen molar-refractivity contribution in [3.63, 3.8) is 0 Å². The Morgan fingerprint density at radius 2 is 1.70 bits per heavy atom. The Labute approximate surface area is 220 Å². The lowest BCUT2D eigenvalue weighted by atomic mass is 10.1. The summed E-state index contributed by atoms with van der Waals surface area (Å²) < 4.78 is 11.9. The summed E-state index contributed by atoms with van der Waals surface area (Å²) in [5, 5.41) is 9.36. The van der Waals surface area contributed by atoms with E-state index < -0.39 is 11.8 Å². The first-order valence-corrected chi connectivity index (χ1v) is 12.1. The van der Waals surface area contributed by atoms with Gasteiger partial charge in [0.15, 0.2) is 11.5 Å². The molecule has 0 spiro atoms. The van der Waals surface area contributed by atoms with Gasteiger partial charge in [-0.05, 0) is 65.2 Å². The number of carbonyl (C=O) groups excluding carboxylic acids is 2. The zero-order chi connectivity index (χ0) is 26.0. The zero-order valence-electron chi connectivity index (χ0n) is 20.2. The van der Waals surface area contributed by atoms with Crippen LogP contribution in [0.4, 0.5) is 5.69 Å². The van der Waals surface area contributed by atoms with E-state index in [1.54, 1.807) is 36.4 Å². The summed E-state index contributed by atoms with van der Waals surface area (Å²) >= 11 is 5.90. The van der Waals surface area contributed by atoms with Gasteiger partial charge < -0.3 is 14.8 Å². The quantitative estimate of drug-likeness (QED) is 0.155. The van der Waals surface area contributed by atoms with E-state index in [9.17, 15) is 9.59 Å². The maximum atomic E-state index is 12.1. The second-order valence-electron chi connectivity index (χ2n) is 8.09. The van der Waals surface area contributed by atoms with Crippen molar-refractivity contribution in [3.8, 4) is 11.5 Å². The van der Waals surface area contributed by atoms with Crippen molar-refractivity contribution in [2.75, 3.05) is 11.9 Å². The predicted molar refractivity (Wildman–Crippen MR) is 146 cm³/mol. The molecule has 0 radical (unpaired) electrons. The van der Waals surface area contributed by atoms with Crippen LogP contribution >= 0.6 is 11.6 Å². The highest BCUT2D eigenvalue weighted by Crippen LogP contribution is 2.30. The minimum Gasteiger partial charge on any atom is -0.490 e. The topological polar surface area (TPSA) is 89.0 Å². The Kier molecular flexibility index (Phi) is 8.73. The number of nitrogens with zero attached hydrogens (tertiary/aromatic N) is 1. The molecular formula is C29H26ClN3O4. The molecule has 2 N–H and O–H groups in total. The summed E-state index contributed by atoms with van der Waals surface area (Å²) in [6.07, 6.45) is 1.10. The first kappa shape index (κ1) is 25.7. The minimum atomic E-state index is -0.546. The Morgan fingerprint density at radius 3 is 2.54 bits per heavy atom. The van der Waals surface area contributed by atoms with Gasteiger partial charge >= 0.3 is 0 Å². The number of ether oxygens (including phenoxy) is 2. The molecule has 0 fully saturated rings. The van der Waals surface area contributed by atoms with Crippen LogP contribution in [0.2, 0.25) is 5.02 Å². The lowest BCUT2D eigenvalue weighted by Crippen LogP contribution is -2.24. The van der Waals surface area contributed by atoms with Crippen molar-refractivity contribution < 1.29 is 19.1 Å². The molecule has 0 saturated heterocycles. The Morgan fingerprint density at radius 1 is 0.892 bits per heavy atom. The number of nitrogens with one attached hydrogen (secondary N) is 2. The predicted octanol–water partition coefficient (Wildman–Crippen LogP) is 5.95. The van der Waals surface area contributed by atoms with E-state index in [-0.39, 0.29) is 6.42 Å². The molecule has 2 amide bonds. The molecule has 0 bridgehead atoms. The molecule has 0 aliphatic rings. The Hall–Kier alpha value is -4.36. The minimum absolute atomic E-state index is 0.380. The molecule has 188 valence electrons. The van der Waals surface area contributed by atoms with E-state index in [0.29, 0.717) is 41.0 Å². The summed E-state index contributed by atoms with van der Waals surface area (Å²) in [7, 11) is 0. The molecule has 0 aliphatic carbocycles. The van der Waals surface area contributed by atoms with Gasteiger partial charge in [-0.15, -0.1) is 0 Å². The normalized spacial score (nSPS) is 10.9. The lowest BCUT2D eigenvalue weighted by Gasteiger charge is -2.13. The number of halogens is 1. The van der Waals surface area contributed by atoms with Crippen LogP contribution in [-0.4, -0.2) is 24.6 Å². The van der Waals surface area contributed by atoms with Crippen molar-refractivity contribution in [1.82, 2.24) is 5.43 Å². The summed E-state index contributed by atoms with van der Waals surface area (Å²) in [5.74, 6) is 0.157. The van der Waals surface area contributed by atoms with Crippen LogP contribution < -0.4 is 20.2 Å². The standard InChI is InChI=1S/C29H26ClN3O4/c1-2-36-27-15-20(18-31-33-29(35)17-28(34)32-24-11-6-10-23(30)16-24)13-14-26(27)37-19-22-9-5-8-21-7-3-4-12-25(21)22/h3-16,18H,2,17,19H2,1H3,(H,32,34)(H,33,35)/b31-18-. The van der Waals surface area contributed by atoms with Crippen molar-refractivity contribution >= 4 is 46.1 Å². The monoisotopic (exact) mass is 515 g/mol. The highest BCUT2D eigenvalue weighted by molar-refractivity contribution is 6.30. The highest BCUT2D eigenvalue weighted by Gasteiger charge is 2.10. The smallest absolute Gasteiger partial charge is 0.249 e. The molecule has 4 aromatic rings. The van der Waals surface area contributed by atoms with Gasteiger partial charge in [-0.2, -0.15) is 5.10 Å². The average molecular weight is 516 g/mol. The summed E-state index contributed by atoms with van der Waals surface area (Å²) in [4.78, 5) is 24.1. The first-order chi connectivity index (χ1) is 18.0. The number of benzene rings is 4. The van der Waals surface area contributed by atoms with E-state index >= 15 is 0 Å². The second kappa shape index (κ2) is 12.6. The Balaban J connectivity index is 1.34. The fraction of sp³-hybridized carbons (Fsp3) is 0.138. The number of amides is 2. The van der Waals surface area contributed by atoms with E-state index in [1.807, 2.05) is 37.3 Å². The van der Waals surface area contributed by atoms with E-state index in [2.05, 4.69) is 34.0 Å². The SMILES string of the molecule is CCOc1cc(/C=N\NC(=O)CC(=O)Nc2cccc(Cl)c2)ccc1OCc1cccc2ccccc12. The molecular weight excluding hydrogens is 490 g/mol. The molecule has 0 saturated carbocycles. The fourth-order valence-corrected chi connectivity index (χ4v) is 3.89. The molecule has 4 rings (SSSR count). The molecule has 0 aliphatic heterocycles. The highest BCUT2D eigenvalue weighted by atomic mass is 35.5. The zero-order valence-corrected chi connectivity index (χ0v) is 21.0. The van der Waals surface area contributed by atoms with Crippen molar-refractivity contribution in [3.05, 3.63) is 101 Å². The van der Waals surface area contributed by atoms with Crippen LogP contribution in [-0.2, 0) is 16.2 Å². The molecule has 0 aromatic heterocycles. The van der Waals surface area contributed by atoms with Gasteiger partial charge in [-0.1, -0.05) is 60.1 Å². The number of hydrazone groups is 1.